The molecule has 61 valence electrons. The van der Waals surface area contributed by atoms with Crippen molar-refractivity contribution in [2.45, 2.75) is 12.5 Å². The molecule has 0 unspecified atom stereocenters. The number of nitrogens with two attached hydrogens (primary N) is 1. The monoisotopic (exact) mass is 268 g/mol. The summed E-state index contributed by atoms with van der Waals surface area (Å²) in [7, 11) is 0. The second-order valence-corrected chi connectivity index (χ2v) is 4.61. The number of carbonyl (C=O) groups is 1. The van der Waals surface area contributed by atoms with Crippen molar-refractivity contribution in [3.63, 3.8) is 0 Å². The predicted octanol–water partition coefficient (Wildman–Crippen LogP) is -0.853. The average molecular weight is 267 g/mol. The third kappa shape index (κ3) is 2.56. The van der Waals surface area contributed by atoms with E-state index in [9.17, 15) is 4.79 Å². The van der Waals surface area contributed by atoms with Gasteiger partial charge in [0.15, 0.2) is 0 Å². The molecule has 1 atom stereocenters. The summed E-state index contributed by atoms with van der Waals surface area (Å²) in [6, 6.07) is -0.842. The van der Waals surface area contributed by atoms with Gasteiger partial charge in [-0.25, -0.2) is 0 Å². The number of hydrogen-bond acceptors (Lipinski definition) is 3. The average Bonchev–Trinajstić information content (AvgIpc) is 2.35. The van der Waals surface area contributed by atoms with Gasteiger partial charge in [-0.05, 0) is 0 Å². The van der Waals surface area contributed by atoms with Crippen LogP contribution in [0.1, 0.15) is 5.69 Å². The fourth-order valence-corrected chi connectivity index (χ4v) is 1.66. The molecule has 0 aliphatic heterocycles. The van der Waals surface area contributed by atoms with Gasteiger partial charge in [-0.2, -0.15) is 0 Å². The Morgan fingerprint density at radius 3 is 3.00 bits per heavy atom. The van der Waals surface area contributed by atoms with E-state index in [1.807, 2.05) is 8.57 Å². The molecule has 12 heavy (non-hydrogen) atoms. The quantitative estimate of drug-likeness (QED) is 0.698. The normalized spacial score (nSPS) is 12.9. The van der Waals surface area contributed by atoms with Crippen molar-refractivity contribution in [3.05, 3.63) is 18.2 Å². The van der Waals surface area contributed by atoms with Crippen LogP contribution < -0.4 is 5.73 Å². The van der Waals surface area contributed by atoms with Gasteiger partial charge in [-0.3, -0.25) is 0 Å². The second-order valence-electron chi connectivity index (χ2n) is 2.53. The van der Waals surface area contributed by atoms with E-state index in [1.54, 1.807) is 6.33 Å². The Balaban J connectivity index is 2.58. The Hall–Kier alpha value is -0.438. The van der Waals surface area contributed by atoms with Crippen LogP contribution in [0.15, 0.2) is 12.5 Å². The molecule has 5 nitrogen and oxygen atoms in total. The molecule has 0 amide bonds. The molecule has 0 aliphatic rings. The fraction of sp³-hybridized carbons (Fsp3) is 0.333. The van der Waals surface area contributed by atoms with E-state index in [1.165, 1.54) is 0 Å². The van der Waals surface area contributed by atoms with Crippen LogP contribution in [0.3, 0.4) is 0 Å². The van der Waals surface area contributed by atoms with Crippen molar-refractivity contribution in [1.82, 2.24) is 7.36 Å². The van der Waals surface area contributed by atoms with Crippen LogP contribution in [-0.4, -0.2) is 24.5 Å². The molecule has 0 fully saturated rings. The van der Waals surface area contributed by atoms with Gasteiger partial charge in [0.1, 0.15) is 0 Å². The van der Waals surface area contributed by atoms with Crippen LogP contribution >= 0.6 is 0 Å². The molecule has 1 heterocycles. The van der Waals surface area contributed by atoms with Crippen molar-refractivity contribution in [3.8, 4) is 0 Å². The molecule has 0 bridgehead atoms. The molecule has 0 spiro atoms. The number of hydrogen-bond donors (Lipinski definition) is 2. The van der Waals surface area contributed by atoms with E-state index < -0.39 is 12.0 Å². The Kier molecular flexibility index (Phi) is 3.21. The second kappa shape index (κ2) is 3.99. The van der Waals surface area contributed by atoms with Crippen molar-refractivity contribution in [2.24, 2.45) is 5.73 Å². The van der Waals surface area contributed by atoms with E-state index >= 15 is 0 Å². The van der Waals surface area contributed by atoms with E-state index in [2.05, 4.69) is 4.98 Å². The fourth-order valence-electron chi connectivity index (χ4n) is 0.824. The molecule has 0 radical (unpaired) electrons. The molecule has 6 heteroatoms. The maximum absolute atomic E-state index is 10.4. The van der Waals surface area contributed by atoms with E-state index in [4.69, 9.17) is 10.8 Å². The van der Waals surface area contributed by atoms with Gasteiger partial charge in [0.2, 0.25) is 0 Å². The molecule has 3 N–H and O–H groups in total. The molecule has 1 aromatic rings. The van der Waals surface area contributed by atoms with Crippen LogP contribution in [0.25, 0.3) is 0 Å². The third-order valence-corrected chi connectivity index (χ3v) is 2.42. The van der Waals surface area contributed by atoms with Gasteiger partial charge in [0, 0.05) is 0 Å². The third-order valence-electron chi connectivity index (χ3n) is 1.43. The van der Waals surface area contributed by atoms with Gasteiger partial charge in [-0.1, -0.05) is 0 Å². The summed E-state index contributed by atoms with van der Waals surface area (Å²) < 4.78 is 1.92. The van der Waals surface area contributed by atoms with Crippen molar-refractivity contribution < 1.29 is 36.0 Å². The zero-order valence-electron chi connectivity index (χ0n) is 6.47. The van der Waals surface area contributed by atoms with Gasteiger partial charge in [0.25, 0.3) is 0 Å². The van der Waals surface area contributed by atoms with Gasteiger partial charge < -0.3 is 0 Å². The number of nitrogens with zero attached hydrogens (tertiary/aromatic N) is 2. The SMILES string of the molecule is N[C@@H](Cc1c[n]([Cd])cn1)C(=O)O. The molecule has 0 aromatic carbocycles. The first-order valence-electron chi connectivity index (χ1n) is 3.41. The summed E-state index contributed by atoms with van der Waals surface area (Å²) in [6.07, 6.45) is 3.82. The van der Waals surface area contributed by atoms with Crippen molar-refractivity contribution >= 4 is 5.97 Å². The number of carboxylic acid groups (broad SMARTS) is 1. The van der Waals surface area contributed by atoms with Gasteiger partial charge in [0.05, 0.1) is 0 Å². The summed E-state index contributed by atoms with van der Waals surface area (Å²) in [6.45, 7) is 0. The van der Waals surface area contributed by atoms with E-state index in [-0.39, 0.29) is 0 Å². The first-order chi connectivity index (χ1) is 5.59. The molecule has 1 aromatic heterocycles. The van der Waals surface area contributed by atoms with E-state index in [0.29, 0.717) is 32.5 Å². The van der Waals surface area contributed by atoms with Crippen LogP contribution in [0.5, 0.6) is 0 Å². The standard InChI is InChI=1S/C6H9N3O2.Cd/c7-5(6(10)11)1-4-2-8-3-9-4;/h2-3,5H,1,7H2,(H2,8,9,10,11);/q;+1/p-1/t5-;/m0./s1. The number of aromatic nitrogens is 2. The van der Waals surface area contributed by atoms with E-state index in [0.717, 1.165) is 5.69 Å². The predicted molar refractivity (Wildman–Crippen MR) is 36.9 cm³/mol. The first-order valence-corrected chi connectivity index (χ1v) is 5.22. The number of carboxylic acids is 1. The summed E-state index contributed by atoms with van der Waals surface area (Å²) in [5, 5.41) is 8.50. The van der Waals surface area contributed by atoms with Crippen LogP contribution in [-0.2, 0) is 37.3 Å². The number of imidazole rings is 1. The zero-order valence-corrected chi connectivity index (χ0v) is 10.5. The van der Waals surface area contributed by atoms with Crippen molar-refractivity contribution in [2.75, 3.05) is 0 Å². The number of aliphatic carboxylic acids is 1. The maximum atomic E-state index is 10.4. The van der Waals surface area contributed by atoms with Crippen LogP contribution in [0.2, 0.25) is 0 Å². The Morgan fingerprint density at radius 1 is 1.92 bits per heavy atom. The Bertz CT molecular complexity index is 286. The first kappa shape index (κ1) is 9.65. The molecule has 0 aliphatic carbocycles. The summed E-state index contributed by atoms with van der Waals surface area (Å²) >= 11 is 0.641. The summed E-state index contributed by atoms with van der Waals surface area (Å²) in [5.74, 6) is -0.986. The van der Waals surface area contributed by atoms with Gasteiger partial charge >= 0.3 is 85.7 Å². The topological polar surface area (TPSA) is 81.1 Å². The minimum absolute atomic E-state index is 0.301. The van der Waals surface area contributed by atoms with Crippen LogP contribution in [0, 0.1) is 0 Å². The molecule has 1 rings (SSSR count). The molecule has 0 saturated heterocycles. The Labute approximate surface area is 85.7 Å². The van der Waals surface area contributed by atoms with Crippen LogP contribution in [0.4, 0.5) is 0 Å². The van der Waals surface area contributed by atoms with Crippen molar-refractivity contribution in [1.29, 1.82) is 0 Å². The zero-order chi connectivity index (χ0) is 9.14. The number of rotatable bonds is 3. The van der Waals surface area contributed by atoms with Gasteiger partial charge in [-0.15, -0.1) is 0 Å². The summed E-state index contributed by atoms with van der Waals surface area (Å²) in [4.78, 5) is 14.4. The minimum atomic E-state index is -0.986. The summed E-state index contributed by atoms with van der Waals surface area (Å²) in [5.41, 5.74) is 6.07. The molecular weight excluding hydrogens is 258 g/mol. The molecular formula is C6H8CdN3O2. The Morgan fingerprint density at radius 2 is 2.58 bits per heavy atom. The molecule has 0 saturated carbocycles.